The van der Waals surface area contributed by atoms with Crippen LogP contribution in [-0.4, -0.2) is 33.1 Å². The summed E-state index contributed by atoms with van der Waals surface area (Å²) in [7, 11) is 1.36. The summed E-state index contributed by atoms with van der Waals surface area (Å²) in [5.74, 6) is -0.459. The Balaban J connectivity index is 2.15. The van der Waals surface area contributed by atoms with Crippen molar-refractivity contribution in [2.24, 2.45) is 0 Å². The molecule has 1 unspecified atom stereocenters. The molecule has 0 bridgehead atoms. The fourth-order valence-electron chi connectivity index (χ4n) is 2.17. The lowest BCUT2D eigenvalue weighted by Crippen LogP contribution is -2.40. The van der Waals surface area contributed by atoms with Gasteiger partial charge in [0.2, 0.25) is 0 Å². The Hall–Kier alpha value is -0.820. The van der Waals surface area contributed by atoms with Gasteiger partial charge >= 0.3 is 0 Å². The minimum atomic E-state index is -3.91. The van der Waals surface area contributed by atoms with Crippen molar-refractivity contribution in [2.75, 3.05) is 13.2 Å². The summed E-state index contributed by atoms with van der Waals surface area (Å²) < 4.78 is 28.2. The number of ether oxygens (including phenoxy) is 1. The molecule has 1 aliphatic heterocycles. The van der Waals surface area contributed by atoms with E-state index in [2.05, 4.69) is 5.32 Å². The molecule has 21 heavy (non-hydrogen) atoms. The highest BCUT2D eigenvalue weighted by Gasteiger charge is 2.30. The van der Waals surface area contributed by atoms with Crippen molar-refractivity contribution < 1.29 is 17.9 Å². The minimum absolute atomic E-state index is 0.0694. The summed E-state index contributed by atoms with van der Waals surface area (Å²) >= 11 is 5.94. The number of benzene rings is 1. The molecule has 1 fully saturated rings. The van der Waals surface area contributed by atoms with Crippen molar-refractivity contribution in [3.05, 3.63) is 28.8 Å². The molecule has 8 heteroatoms. The van der Waals surface area contributed by atoms with Crippen molar-refractivity contribution in [1.29, 1.82) is 0 Å². The highest BCUT2D eigenvalue weighted by atomic mass is 35.7. The maximum atomic E-state index is 12.2. The van der Waals surface area contributed by atoms with Crippen molar-refractivity contribution in [3.8, 4) is 0 Å². The highest BCUT2D eigenvalue weighted by Crippen LogP contribution is 2.25. The second kappa shape index (κ2) is 6.12. The van der Waals surface area contributed by atoms with E-state index in [1.165, 1.54) is 12.1 Å². The first-order valence-electron chi connectivity index (χ1n) is 6.38. The molecule has 5 nitrogen and oxygen atoms in total. The number of nitrogens with one attached hydrogen (secondary N) is 1. The average Bonchev–Trinajstić information content (AvgIpc) is 2.83. The fraction of sp³-hybridized carbons (Fsp3) is 0.462. The first-order valence-corrected chi connectivity index (χ1v) is 9.06. The Morgan fingerprint density at radius 3 is 2.76 bits per heavy atom. The van der Waals surface area contributed by atoms with Gasteiger partial charge in [0.05, 0.1) is 21.1 Å². The molecule has 0 saturated carbocycles. The number of hydrogen-bond donors (Lipinski definition) is 1. The summed E-state index contributed by atoms with van der Waals surface area (Å²) in [6.07, 6.45) is 1.81. The van der Waals surface area contributed by atoms with Gasteiger partial charge in [0, 0.05) is 23.8 Å². The first kappa shape index (κ1) is 16.5. The summed E-state index contributed by atoms with van der Waals surface area (Å²) in [6, 6.07) is 3.75. The number of carbonyl (C=O) groups is 1. The number of amides is 1. The van der Waals surface area contributed by atoms with Gasteiger partial charge in [-0.1, -0.05) is 11.6 Å². The Morgan fingerprint density at radius 2 is 2.19 bits per heavy atom. The van der Waals surface area contributed by atoms with Gasteiger partial charge < -0.3 is 10.1 Å². The first-order chi connectivity index (χ1) is 9.71. The van der Waals surface area contributed by atoms with E-state index in [-0.39, 0.29) is 15.5 Å². The fourth-order valence-corrected chi connectivity index (χ4v) is 3.15. The van der Waals surface area contributed by atoms with E-state index < -0.39 is 20.6 Å². The maximum absolute atomic E-state index is 12.2. The molecule has 0 spiro atoms. The van der Waals surface area contributed by atoms with E-state index in [0.717, 1.165) is 18.9 Å². The third-order valence-corrected chi connectivity index (χ3v) is 5.07. The minimum Gasteiger partial charge on any atom is -0.373 e. The zero-order chi connectivity index (χ0) is 15.7. The smallest absolute Gasteiger partial charge is 0.261 e. The quantitative estimate of drug-likeness (QED) is 0.846. The van der Waals surface area contributed by atoms with Gasteiger partial charge in [0.25, 0.3) is 15.0 Å². The third-order valence-electron chi connectivity index (χ3n) is 3.39. The standard InChI is InChI=1S/C13H15Cl2NO4S/c1-13(5-2-6-20-13)8-16-12(17)10-7-9(21(15,18)19)3-4-11(10)14/h3-4,7H,2,5-6,8H2,1H3,(H,16,17). The molecule has 1 amide bonds. The molecule has 1 atom stereocenters. The number of halogens is 2. The summed E-state index contributed by atoms with van der Waals surface area (Å²) in [5, 5.41) is 2.88. The SMILES string of the molecule is CC1(CNC(=O)c2cc(S(=O)(=O)Cl)ccc2Cl)CCCO1. The van der Waals surface area contributed by atoms with Crippen LogP contribution in [0.1, 0.15) is 30.1 Å². The highest BCUT2D eigenvalue weighted by molar-refractivity contribution is 8.13. The van der Waals surface area contributed by atoms with Gasteiger partial charge in [0.15, 0.2) is 0 Å². The van der Waals surface area contributed by atoms with E-state index in [1.54, 1.807) is 0 Å². The summed E-state index contributed by atoms with van der Waals surface area (Å²) in [5.41, 5.74) is -0.321. The molecule has 0 aliphatic carbocycles. The third kappa shape index (κ3) is 4.10. The zero-order valence-corrected chi connectivity index (χ0v) is 13.7. The molecule has 2 rings (SSSR count). The zero-order valence-electron chi connectivity index (χ0n) is 11.4. The van der Waals surface area contributed by atoms with E-state index in [4.69, 9.17) is 27.0 Å². The molecule has 0 radical (unpaired) electrons. The van der Waals surface area contributed by atoms with E-state index >= 15 is 0 Å². The lowest BCUT2D eigenvalue weighted by Gasteiger charge is -2.23. The van der Waals surface area contributed by atoms with Crippen molar-refractivity contribution >= 4 is 37.2 Å². The molecule has 1 heterocycles. The van der Waals surface area contributed by atoms with Crippen LogP contribution in [0.5, 0.6) is 0 Å². The van der Waals surface area contributed by atoms with E-state index in [1.807, 2.05) is 6.92 Å². The molecule has 1 N–H and O–H groups in total. The summed E-state index contributed by atoms with van der Waals surface area (Å²) in [6.45, 7) is 2.93. The molecular formula is C13H15Cl2NO4S. The van der Waals surface area contributed by atoms with Crippen molar-refractivity contribution in [1.82, 2.24) is 5.32 Å². The van der Waals surface area contributed by atoms with Gasteiger partial charge in [0.1, 0.15) is 0 Å². The average molecular weight is 352 g/mol. The van der Waals surface area contributed by atoms with Crippen LogP contribution >= 0.6 is 22.3 Å². The molecular weight excluding hydrogens is 337 g/mol. The van der Waals surface area contributed by atoms with Crippen LogP contribution in [0.4, 0.5) is 0 Å². The van der Waals surface area contributed by atoms with E-state index in [9.17, 15) is 13.2 Å². The van der Waals surface area contributed by atoms with Crippen LogP contribution in [0.15, 0.2) is 23.1 Å². The lowest BCUT2D eigenvalue weighted by atomic mass is 10.0. The molecule has 1 aromatic carbocycles. The Kier molecular flexibility index (Phi) is 4.82. The Bertz CT molecular complexity index is 654. The van der Waals surface area contributed by atoms with Crippen molar-refractivity contribution in [2.45, 2.75) is 30.3 Å². The van der Waals surface area contributed by atoms with Gasteiger partial charge in [-0.05, 0) is 38.0 Å². The molecule has 0 aromatic heterocycles. The Morgan fingerprint density at radius 1 is 1.48 bits per heavy atom. The second-order valence-corrected chi connectivity index (χ2v) is 8.14. The topological polar surface area (TPSA) is 72.5 Å². The second-order valence-electron chi connectivity index (χ2n) is 5.16. The molecule has 116 valence electrons. The van der Waals surface area contributed by atoms with Crippen LogP contribution in [-0.2, 0) is 13.8 Å². The van der Waals surface area contributed by atoms with Crippen LogP contribution in [0.25, 0.3) is 0 Å². The maximum Gasteiger partial charge on any atom is 0.261 e. The number of rotatable bonds is 4. The van der Waals surface area contributed by atoms with Gasteiger partial charge in [-0.2, -0.15) is 0 Å². The molecule has 1 saturated heterocycles. The van der Waals surface area contributed by atoms with Crippen LogP contribution in [0, 0.1) is 0 Å². The number of carbonyl (C=O) groups excluding carboxylic acids is 1. The largest absolute Gasteiger partial charge is 0.373 e. The van der Waals surface area contributed by atoms with Gasteiger partial charge in [-0.25, -0.2) is 8.42 Å². The van der Waals surface area contributed by atoms with Crippen LogP contribution in [0.2, 0.25) is 5.02 Å². The Labute approximate surface area is 133 Å². The predicted octanol–water partition coefficient (Wildman–Crippen LogP) is 2.57. The van der Waals surface area contributed by atoms with E-state index in [0.29, 0.717) is 13.2 Å². The molecule has 1 aliphatic rings. The number of hydrogen-bond acceptors (Lipinski definition) is 4. The van der Waals surface area contributed by atoms with Gasteiger partial charge in [-0.15, -0.1) is 0 Å². The molecule has 1 aromatic rings. The van der Waals surface area contributed by atoms with Crippen molar-refractivity contribution in [3.63, 3.8) is 0 Å². The van der Waals surface area contributed by atoms with Crippen LogP contribution < -0.4 is 5.32 Å². The van der Waals surface area contributed by atoms with Crippen LogP contribution in [0.3, 0.4) is 0 Å². The normalized spacial score (nSPS) is 22.2. The van der Waals surface area contributed by atoms with Gasteiger partial charge in [-0.3, -0.25) is 4.79 Å². The summed E-state index contributed by atoms with van der Waals surface area (Å²) in [4.78, 5) is 12.0. The lowest BCUT2D eigenvalue weighted by molar-refractivity contribution is 0.0206. The monoisotopic (exact) mass is 351 g/mol. The predicted molar refractivity (Wildman–Crippen MR) is 80.4 cm³/mol.